The molecular weight excluding hydrogens is 320 g/mol. The number of aliphatic hydroxyl groups excluding tert-OH is 5. The molecule has 0 spiro atoms. The fourth-order valence-electron chi connectivity index (χ4n) is 2.54. The Kier molecular flexibility index (Phi) is 6.53. The average molecular weight is 344 g/mol. The smallest absolute Gasteiger partial charge is 0.187 e. The molecule has 0 aromatic heterocycles. The molecular formula is C16H24O8. The third-order valence-corrected chi connectivity index (χ3v) is 4.10. The first-order chi connectivity index (χ1) is 11.4. The summed E-state index contributed by atoms with van der Waals surface area (Å²) in [6, 6.07) is 6.74. The second-order valence-electron chi connectivity index (χ2n) is 5.76. The van der Waals surface area contributed by atoms with Gasteiger partial charge in [-0.05, 0) is 24.6 Å². The Morgan fingerprint density at radius 1 is 1.08 bits per heavy atom. The number of rotatable bonds is 6. The van der Waals surface area contributed by atoms with Crippen molar-refractivity contribution in [2.24, 2.45) is 0 Å². The lowest BCUT2D eigenvalue weighted by atomic mass is 9.99. The Morgan fingerprint density at radius 2 is 1.71 bits per heavy atom. The molecule has 0 radical (unpaired) electrons. The first-order valence-corrected chi connectivity index (χ1v) is 7.67. The SMILES string of the molecule is COc1ccc([C@@H](O)[C@@H](C)O[C@H]2O[C@@H](CO)[C@@H](O)[C@@H](O)[C@@H]2O)cc1. The second kappa shape index (κ2) is 8.21. The largest absolute Gasteiger partial charge is 0.497 e. The van der Waals surface area contributed by atoms with E-state index in [2.05, 4.69) is 0 Å². The van der Waals surface area contributed by atoms with Gasteiger partial charge in [-0.25, -0.2) is 0 Å². The van der Waals surface area contributed by atoms with E-state index >= 15 is 0 Å². The molecule has 0 amide bonds. The molecule has 1 heterocycles. The van der Waals surface area contributed by atoms with E-state index in [4.69, 9.17) is 19.3 Å². The summed E-state index contributed by atoms with van der Waals surface area (Å²) in [6.07, 6.45) is -8.61. The van der Waals surface area contributed by atoms with Crippen LogP contribution in [0.4, 0.5) is 0 Å². The zero-order valence-corrected chi connectivity index (χ0v) is 13.5. The number of hydrogen-bond donors (Lipinski definition) is 5. The Morgan fingerprint density at radius 3 is 2.25 bits per heavy atom. The van der Waals surface area contributed by atoms with Gasteiger partial charge in [0.25, 0.3) is 0 Å². The number of ether oxygens (including phenoxy) is 3. The topological polar surface area (TPSA) is 129 Å². The predicted molar refractivity (Wildman–Crippen MR) is 82.3 cm³/mol. The van der Waals surface area contributed by atoms with Gasteiger partial charge in [0.05, 0.1) is 19.8 Å². The molecule has 8 nitrogen and oxygen atoms in total. The lowest BCUT2D eigenvalue weighted by Gasteiger charge is -2.41. The van der Waals surface area contributed by atoms with Crippen molar-refractivity contribution in [3.63, 3.8) is 0 Å². The number of benzene rings is 1. The summed E-state index contributed by atoms with van der Waals surface area (Å²) < 4.78 is 15.8. The minimum absolute atomic E-state index is 0.541. The molecule has 0 saturated carbocycles. The summed E-state index contributed by atoms with van der Waals surface area (Å²) in [5.74, 6) is 0.647. The molecule has 24 heavy (non-hydrogen) atoms. The first-order valence-electron chi connectivity index (χ1n) is 7.67. The second-order valence-corrected chi connectivity index (χ2v) is 5.76. The normalized spacial score (nSPS) is 33.0. The summed E-state index contributed by atoms with van der Waals surface area (Å²) in [5, 5.41) is 48.9. The standard InChI is InChI=1S/C16H24O8/c1-8(12(18)9-3-5-10(22-2)6-4-9)23-16-15(21)14(20)13(19)11(7-17)24-16/h3-6,8,11-21H,7H2,1-2H3/t8-,11+,12+,13-,14-,15+,16+/m1/s1. The summed E-state index contributed by atoms with van der Waals surface area (Å²) in [7, 11) is 1.54. The van der Waals surface area contributed by atoms with Crippen LogP contribution in [-0.2, 0) is 9.47 Å². The van der Waals surface area contributed by atoms with Crippen LogP contribution < -0.4 is 4.74 Å². The summed E-state index contributed by atoms with van der Waals surface area (Å²) in [4.78, 5) is 0. The lowest BCUT2D eigenvalue weighted by Crippen LogP contribution is -2.59. The van der Waals surface area contributed by atoms with E-state index in [0.29, 0.717) is 11.3 Å². The summed E-state index contributed by atoms with van der Waals surface area (Å²) in [6.45, 7) is 1.04. The van der Waals surface area contributed by atoms with Gasteiger partial charge in [-0.15, -0.1) is 0 Å². The van der Waals surface area contributed by atoms with Gasteiger partial charge in [-0.1, -0.05) is 12.1 Å². The summed E-state index contributed by atoms with van der Waals surface area (Å²) in [5.41, 5.74) is 0.577. The molecule has 1 saturated heterocycles. The van der Waals surface area contributed by atoms with Crippen LogP contribution in [0.1, 0.15) is 18.6 Å². The van der Waals surface area contributed by atoms with E-state index in [1.165, 1.54) is 7.11 Å². The van der Waals surface area contributed by atoms with Gasteiger partial charge in [0.15, 0.2) is 6.29 Å². The van der Waals surface area contributed by atoms with Crippen LogP contribution in [0.2, 0.25) is 0 Å². The maximum Gasteiger partial charge on any atom is 0.187 e. The van der Waals surface area contributed by atoms with Crippen molar-refractivity contribution in [2.75, 3.05) is 13.7 Å². The quantitative estimate of drug-likeness (QED) is 0.441. The fourth-order valence-corrected chi connectivity index (χ4v) is 2.54. The lowest BCUT2D eigenvalue weighted by molar-refractivity contribution is -0.315. The van der Waals surface area contributed by atoms with Gasteiger partial charge in [0, 0.05) is 0 Å². The monoisotopic (exact) mass is 344 g/mol. The Bertz CT molecular complexity index is 505. The highest BCUT2D eigenvalue weighted by Crippen LogP contribution is 2.27. The average Bonchev–Trinajstić information content (AvgIpc) is 2.61. The molecule has 0 bridgehead atoms. The maximum absolute atomic E-state index is 10.3. The van der Waals surface area contributed by atoms with Crippen molar-refractivity contribution in [2.45, 2.75) is 49.8 Å². The van der Waals surface area contributed by atoms with Crippen LogP contribution in [0, 0.1) is 0 Å². The van der Waals surface area contributed by atoms with E-state index in [-0.39, 0.29) is 0 Å². The molecule has 7 atom stereocenters. The van der Waals surface area contributed by atoms with Gasteiger partial charge < -0.3 is 39.7 Å². The highest BCUT2D eigenvalue weighted by molar-refractivity contribution is 5.28. The highest BCUT2D eigenvalue weighted by Gasteiger charge is 2.44. The third kappa shape index (κ3) is 4.04. The molecule has 136 valence electrons. The molecule has 2 rings (SSSR count). The van der Waals surface area contributed by atoms with Crippen molar-refractivity contribution < 1.29 is 39.7 Å². The summed E-state index contributed by atoms with van der Waals surface area (Å²) >= 11 is 0. The van der Waals surface area contributed by atoms with Gasteiger partial charge in [-0.2, -0.15) is 0 Å². The van der Waals surface area contributed by atoms with E-state index in [1.54, 1.807) is 31.2 Å². The maximum atomic E-state index is 10.3. The molecule has 0 aliphatic carbocycles. The number of hydrogen-bond acceptors (Lipinski definition) is 8. The number of methoxy groups -OCH3 is 1. The molecule has 1 aromatic rings. The van der Waals surface area contributed by atoms with Crippen molar-refractivity contribution in [3.05, 3.63) is 29.8 Å². The zero-order valence-electron chi connectivity index (χ0n) is 13.5. The van der Waals surface area contributed by atoms with Crippen molar-refractivity contribution in [1.82, 2.24) is 0 Å². The van der Waals surface area contributed by atoms with Gasteiger partial charge in [0.1, 0.15) is 36.3 Å². The molecule has 5 N–H and O–H groups in total. The molecule has 8 heteroatoms. The van der Waals surface area contributed by atoms with Crippen LogP contribution in [0.15, 0.2) is 24.3 Å². The zero-order chi connectivity index (χ0) is 17.9. The third-order valence-electron chi connectivity index (χ3n) is 4.10. The Hall–Kier alpha value is -1.26. The predicted octanol–water partition coefficient (Wildman–Crippen LogP) is -1.07. The minimum Gasteiger partial charge on any atom is -0.497 e. The van der Waals surface area contributed by atoms with Crippen LogP contribution in [0.3, 0.4) is 0 Å². The molecule has 0 unspecified atom stereocenters. The Balaban J connectivity index is 2.02. The number of aliphatic hydroxyl groups is 5. The fraction of sp³-hybridized carbons (Fsp3) is 0.625. The van der Waals surface area contributed by atoms with E-state index in [9.17, 15) is 20.4 Å². The van der Waals surface area contributed by atoms with Crippen LogP contribution in [-0.4, -0.2) is 76.1 Å². The molecule has 1 aliphatic rings. The Labute approximate surface area is 139 Å². The molecule has 1 fully saturated rings. The van der Waals surface area contributed by atoms with Crippen molar-refractivity contribution in [3.8, 4) is 5.75 Å². The van der Waals surface area contributed by atoms with Gasteiger partial charge >= 0.3 is 0 Å². The molecule has 1 aromatic carbocycles. The van der Waals surface area contributed by atoms with Crippen LogP contribution in [0.25, 0.3) is 0 Å². The van der Waals surface area contributed by atoms with Crippen LogP contribution >= 0.6 is 0 Å². The highest BCUT2D eigenvalue weighted by atomic mass is 16.7. The molecule has 1 aliphatic heterocycles. The minimum atomic E-state index is -1.52. The van der Waals surface area contributed by atoms with E-state index < -0.39 is 49.5 Å². The van der Waals surface area contributed by atoms with Gasteiger partial charge in [0.2, 0.25) is 0 Å². The van der Waals surface area contributed by atoms with E-state index in [0.717, 1.165) is 0 Å². The van der Waals surface area contributed by atoms with Crippen LogP contribution in [0.5, 0.6) is 5.75 Å². The van der Waals surface area contributed by atoms with Crippen molar-refractivity contribution in [1.29, 1.82) is 0 Å². The van der Waals surface area contributed by atoms with Crippen molar-refractivity contribution >= 4 is 0 Å². The first kappa shape index (κ1) is 19.1. The van der Waals surface area contributed by atoms with E-state index in [1.807, 2.05) is 0 Å². The van der Waals surface area contributed by atoms with Gasteiger partial charge in [-0.3, -0.25) is 0 Å².